The topological polar surface area (TPSA) is 185 Å². The molecule has 3 amide bonds. The minimum absolute atomic E-state index is 0.0171. The molecular formula is C15H27N3O9. The van der Waals surface area contributed by atoms with Gasteiger partial charge < -0.3 is 45.6 Å². The maximum absolute atomic E-state index is 12.0. The standard InChI is InChI=1S/C15H27N3O9/c16-12(19)11-15(13(17)20,14(18)21)27-10-8-25-6-4-23-2-1-22-3-5-24-7-9-26-11/h11H,1-10H2,(H2,16,19)(H2,17,20)(H2,18,21). The number of carbonyl (C=O) groups is 3. The van der Waals surface area contributed by atoms with Gasteiger partial charge in [0.15, 0.2) is 6.10 Å². The molecule has 12 heteroatoms. The maximum atomic E-state index is 12.0. The Labute approximate surface area is 156 Å². The number of amides is 3. The number of nitrogens with two attached hydrogens (primary N) is 3. The highest BCUT2D eigenvalue weighted by Gasteiger charge is 2.55. The van der Waals surface area contributed by atoms with Crippen molar-refractivity contribution >= 4 is 17.7 Å². The molecule has 1 fully saturated rings. The molecule has 27 heavy (non-hydrogen) atoms. The molecule has 0 aromatic heterocycles. The SMILES string of the molecule is NC(=O)C1OCCOCCOCCOCCOCCOC1(C(N)=O)C(N)=O. The molecule has 0 spiro atoms. The van der Waals surface area contributed by atoms with Gasteiger partial charge in [0.05, 0.1) is 66.1 Å². The molecule has 12 nitrogen and oxygen atoms in total. The Morgan fingerprint density at radius 3 is 1.37 bits per heavy atom. The Kier molecular flexibility index (Phi) is 10.8. The summed E-state index contributed by atoms with van der Waals surface area (Å²) in [4.78, 5) is 35.7. The quantitative estimate of drug-likeness (QED) is 0.412. The van der Waals surface area contributed by atoms with Crippen molar-refractivity contribution in [3.63, 3.8) is 0 Å². The van der Waals surface area contributed by atoms with E-state index < -0.39 is 29.4 Å². The summed E-state index contributed by atoms with van der Waals surface area (Å²) in [7, 11) is 0. The number of carbonyl (C=O) groups excluding carboxylic acids is 3. The molecule has 0 aromatic carbocycles. The van der Waals surface area contributed by atoms with E-state index in [9.17, 15) is 14.4 Å². The van der Waals surface area contributed by atoms with Gasteiger partial charge in [-0.05, 0) is 0 Å². The Bertz CT molecular complexity index is 475. The molecule has 1 heterocycles. The predicted octanol–water partition coefficient (Wildman–Crippen LogP) is -3.34. The summed E-state index contributed by atoms with van der Waals surface area (Å²) in [5.41, 5.74) is 13.3. The van der Waals surface area contributed by atoms with Crippen LogP contribution in [0.5, 0.6) is 0 Å². The fourth-order valence-corrected chi connectivity index (χ4v) is 2.25. The van der Waals surface area contributed by atoms with Gasteiger partial charge in [0.2, 0.25) is 0 Å². The average Bonchev–Trinajstić information content (AvgIpc) is 2.60. The van der Waals surface area contributed by atoms with E-state index in [2.05, 4.69) is 0 Å². The monoisotopic (exact) mass is 393 g/mol. The van der Waals surface area contributed by atoms with Crippen LogP contribution in [-0.4, -0.2) is 95.5 Å². The van der Waals surface area contributed by atoms with Gasteiger partial charge in [0.25, 0.3) is 23.3 Å². The highest BCUT2D eigenvalue weighted by Crippen LogP contribution is 2.20. The van der Waals surface area contributed by atoms with Gasteiger partial charge in [0, 0.05) is 0 Å². The summed E-state index contributed by atoms with van der Waals surface area (Å²) in [5.74, 6) is -3.74. The number of primary amides is 3. The van der Waals surface area contributed by atoms with Gasteiger partial charge in [-0.2, -0.15) is 0 Å². The van der Waals surface area contributed by atoms with Crippen LogP contribution >= 0.6 is 0 Å². The zero-order chi connectivity index (χ0) is 20.1. The van der Waals surface area contributed by atoms with Crippen molar-refractivity contribution in [2.75, 3.05) is 66.1 Å². The zero-order valence-electron chi connectivity index (χ0n) is 15.1. The van der Waals surface area contributed by atoms with E-state index in [1.165, 1.54) is 0 Å². The highest BCUT2D eigenvalue weighted by atomic mass is 16.6. The minimum atomic E-state index is -2.57. The van der Waals surface area contributed by atoms with E-state index in [0.29, 0.717) is 26.4 Å². The maximum Gasteiger partial charge on any atom is 0.262 e. The van der Waals surface area contributed by atoms with Gasteiger partial charge in [-0.1, -0.05) is 0 Å². The number of ether oxygens (including phenoxy) is 6. The van der Waals surface area contributed by atoms with Crippen molar-refractivity contribution in [3.8, 4) is 0 Å². The second-order valence-electron chi connectivity index (χ2n) is 5.42. The van der Waals surface area contributed by atoms with Gasteiger partial charge in [-0.15, -0.1) is 0 Å². The average molecular weight is 393 g/mol. The minimum Gasteiger partial charge on any atom is -0.377 e. The lowest BCUT2D eigenvalue weighted by atomic mass is 9.93. The first-order valence-corrected chi connectivity index (χ1v) is 8.38. The summed E-state index contributed by atoms with van der Waals surface area (Å²) in [5, 5.41) is 0. The van der Waals surface area contributed by atoms with Crippen LogP contribution < -0.4 is 17.2 Å². The molecule has 156 valence electrons. The third-order valence-corrected chi connectivity index (χ3v) is 3.55. The summed E-state index contributed by atoms with van der Waals surface area (Å²) in [6, 6.07) is 0. The Morgan fingerprint density at radius 1 is 0.630 bits per heavy atom. The molecule has 0 radical (unpaired) electrons. The largest absolute Gasteiger partial charge is 0.377 e. The van der Waals surface area contributed by atoms with Gasteiger partial charge in [-0.3, -0.25) is 14.4 Å². The van der Waals surface area contributed by atoms with Crippen molar-refractivity contribution in [2.24, 2.45) is 17.2 Å². The number of rotatable bonds is 3. The molecule has 0 aromatic rings. The molecule has 1 aliphatic rings. The van der Waals surface area contributed by atoms with Crippen LogP contribution in [0.25, 0.3) is 0 Å². The van der Waals surface area contributed by atoms with Crippen LogP contribution in [0.3, 0.4) is 0 Å². The van der Waals surface area contributed by atoms with Crippen LogP contribution in [0.15, 0.2) is 0 Å². The number of hydrogen-bond acceptors (Lipinski definition) is 9. The second kappa shape index (κ2) is 12.5. The first-order valence-electron chi connectivity index (χ1n) is 8.38. The van der Waals surface area contributed by atoms with Gasteiger partial charge in [0.1, 0.15) is 0 Å². The Hall–Kier alpha value is -1.83. The van der Waals surface area contributed by atoms with E-state index >= 15 is 0 Å². The van der Waals surface area contributed by atoms with Crippen molar-refractivity contribution in [1.82, 2.24) is 0 Å². The molecule has 1 aliphatic heterocycles. The first-order chi connectivity index (χ1) is 12.9. The molecule has 1 saturated heterocycles. The van der Waals surface area contributed by atoms with Crippen molar-refractivity contribution in [2.45, 2.75) is 11.7 Å². The van der Waals surface area contributed by atoms with E-state index in [4.69, 9.17) is 45.6 Å². The first kappa shape index (κ1) is 23.2. The third-order valence-electron chi connectivity index (χ3n) is 3.55. The summed E-state index contributed by atoms with van der Waals surface area (Å²) in [6.07, 6.45) is -1.82. The van der Waals surface area contributed by atoms with Crippen LogP contribution in [0.4, 0.5) is 0 Å². The zero-order valence-corrected chi connectivity index (χ0v) is 15.1. The van der Waals surface area contributed by atoms with E-state index in [1.807, 2.05) is 0 Å². The van der Waals surface area contributed by atoms with Crippen molar-refractivity contribution in [1.29, 1.82) is 0 Å². The van der Waals surface area contributed by atoms with Crippen molar-refractivity contribution in [3.05, 3.63) is 0 Å². The van der Waals surface area contributed by atoms with Crippen LogP contribution in [0.2, 0.25) is 0 Å². The molecule has 0 saturated carbocycles. The fourth-order valence-electron chi connectivity index (χ4n) is 2.25. The molecule has 0 bridgehead atoms. The van der Waals surface area contributed by atoms with E-state index in [0.717, 1.165) is 0 Å². The molecule has 1 rings (SSSR count). The normalized spacial score (nSPS) is 24.2. The summed E-state index contributed by atoms with van der Waals surface area (Å²) >= 11 is 0. The number of hydrogen-bond donors (Lipinski definition) is 3. The summed E-state index contributed by atoms with van der Waals surface area (Å²) in [6.45, 7) is 1.54. The Morgan fingerprint density at radius 2 is 1.00 bits per heavy atom. The summed E-state index contributed by atoms with van der Waals surface area (Å²) < 4.78 is 31.6. The third kappa shape index (κ3) is 7.36. The molecular weight excluding hydrogens is 366 g/mol. The van der Waals surface area contributed by atoms with Crippen LogP contribution in [-0.2, 0) is 42.8 Å². The lowest BCUT2D eigenvalue weighted by Crippen LogP contribution is -2.67. The van der Waals surface area contributed by atoms with Crippen LogP contribution in [0, 0.1) is 0 Å². The van der Waals surface area contributed by atoms with Crippen LogP contribution in [0.1, 0.15) is 0 Å². The predicted molar refractivity (Wildman–Crippen MR) is 89.3 cm³/mol. The fraction of sp³-hybridized carbons (Fsp3) is 0.800. The highest BCUT2D eigenvalue weighted by molar-refractivity contribution is 6.12. The second-order valence-corrected chi connectivity index (χ2v) is 5.42. The van der Waals surface area contributed by atoms with E-state index in [-0.39, 0.29) is 39.6 Å². The lowest BCUT2D eigenvalue weighted by Gasteiger charge is -2.33. The molecule has 1 atom stereocenters. The Balaban J connectivity index is 2.86. The van der Waals surface area contributed by atoms with Gasteiger partial charge >= 0.3 is 0 Å². The lowest BCUT2D eigenvalue weighted by molar-refractivity contribution is -0.186. The van der Waals surface area contributed by atoms with E-state index in [1.54, 1.807) is 0 Å². The molecule has 0 aliphatic carbocycles. The van der Waals surface area contributed by atoms with Gasteiger partial charge in [-0.25, -0.2) is 0 Å². The smallest absolute Gasteiger partial charge is 0.262 e. The van der Waals surface area contributed by atoms with Crippen molar-refractivity contribution < 1.29 is 42.8 Å². The molecule has 6 N–H and O–H groups in total. The molecule has 1 unspecified atom stereocenters.